The van der Waals surface area contributed by atoms with Crippen molar-refractivity contribution in [3.63, 3.8) is 0 Å². The van der Waals surface area contributed by atoms with Gasteiger partial charge in [0.1, 0.15) is 0 Å². The molecular weight excluding hydrogens is 352 g/mol. The molecule has 3 aromatic rings. The van der Waals surface area contributed by atoms with E-state index in [2.05, 4.69) is 9.97 Å². The molecule has 0 radical (unpaired) electrons. The van der Waals surface area contributed by atoms with Crippen molar-refractivity contribution >= 4 is 22.7 Å². The third-order valence-corrected chi connectivity index (χ3v) is 5.42. The van der Waals surface area contributed by atoms with Crippen molar-refractivity contribution in [1.29, 1.82) is 0 Å². The first kappa shape index (κ1) is 18.2. The van der Waals surface area contributed by atoms with Crippen LogP contribution in [-0.2, 0) is 22.4 Å². The van der Waals surface area contributed by atoms with Crippen molar-refractivity contribution in [2.75, 3.05) is 26.7 Å². The standard InChI is InChI=1S/C22H24N4O2/c1-25-10-11-26(15-17(22(25)28)12-18-6-4-5-9-23-18)21(27)13-16-14-24-20-8-3-2-7-19(16)20/h2-9,14,17,24H,10-13,15H2,1H3. The van der Waals surface area contributed by atoms with Gasteiger partial charge in [-0.05, 0) is 23.8 Å². The summed E-state index contributed by atoms with van der Waals surface area (Å²) in [5.74, 6) is -0.138. The summed E-state index contributed by atoms with van der Waals surface area (Å²) < 4.78 is 0. The molecule has 6 nitrogen and oxygen atoms in total. The number of likely N-dealkylation sites (N-methyl/N-ethyl adjacent to an activating group) is 1. The predicted molar refractivity (Wildman–Crippen MR) is 108 cm³/mol. The molecule has 2 amide bonds. The molecule has 2 aromatic heterocycles. The third-order valence-electron chi connectivity index (χ3n) is 5.42. The summed E-state index contributed by atoms with van der Waals surface area (Å²) in [5.41, 5.74) is 2.90. The molecule has 6 heteroatoms. The number of nitrogens with zero attached hydrogens (tertiary/aromatic N) is 3. The predicted octanol–water partition coefficient (Wildman–Crippen LogP) is 2.26. The van der Waals surface area contributed by atoms with Crippen molar-refractivity contribution < 1.29 is 9.59 Å². The lowest BCUT2D eigenvalue weighted by Crippen LogP contribution is -2.38. The van der Waals surface area contributed by atoms with E-state index in [1.165, 1.54) is 0 Å². The summed E-state index contributed by atoms with van der Waals surface area (Å²) in [7, 11) is 1.81. The number of amides is 2. The highest BCUT2D eigenvalue weighted by atomic mass is 16.2. The molecule has 4 rings (SSSR count). The molecule has 144 valence electrons. The van der Waals surface area contributed by atoms with E-state index in [1.807, 2.05) is 53.6 Å². The number of hydrogen-bond donors (Lipinski definition) is 1. The molecular formula is C22H24N4O2. The first-order valence-corrected chi connectivity index (χ1v) is 9.59. The number of benzene rings is 1. The monoisotopic (exact) mass is 376 g/mol. The molecule has 3 heterocycles. The highest BCUT2D eigenvalue weighted by Gasteiger charge is 2.31. The number of H-pyrrole nitrogens is 1. The summed E-state index contributed by atoms with van der Waals surface area (Å²) in [5, 5.41) is 1.07. The molecule has 1 aromatic carbocycles. The molecule has 0 aliphatic carbocycles. The SMILES string of the molecule is CN1CCN(C(=O)Cc2c[nH]c3ccccc23)CC(Cc2ccccn2)C1=O. The minimum atomic E-state index is -0.269. The Bertz CT molecular complexity index is 982. The smallest absolute Gasteiger partial charge is 0.227 e. The van der Waals surface area contributed by atoms with Gasteiger partial charge in [-0.1, -0.05) is 24.3 Å². The minimum absolute atomic E-state index is 0.0545. The Balaban J connectivity index is 1.51. The number of aromatic nitrogens is 2. The second-order valence-corrected chi connectivity index (χ2v) is 7.36. The first-order valence-electron chi connectivity index (χ1n) is 9.59. The van der Waals surface area contributed by atoms with Crippen LogP contribution in [0.3, 0.4) is 0 Å². The van der Waals surface area contributed by atoms with Crippen LogP contribution in [0.4, 0.5) is 0 Å². The number of carbonyl (C=O) groups excluding carboxylic acids is 2. The van der Waals surface area contributed by atoms with Crippen LogP contribution in [-0.4, -0.2) is 58.3 Å². The molecule has 0 saturated carbocycles. The number of rotatable bonds is 4. The Morgan fingerprint density at radius 1 is 1.18 bits per heavy atom. The topological polar surface area (TPSA) is 69.3 Å². The highest BCUT2D eigenvalue weighted by molar-refractivity contribution is 5.89. The Kier molecular flexibility index (Phi) is 5.10. The van der Waals surface area contributed by atoms with Gasteiger partial charge in [-0.3, -0.25) is 14.6 Å². The number of hydrogen-bond acceptors (Lipinski definition) is 3. The maximum absolute atomic E-state index is 13.0. The van der Waals surface area contributed by atoms with Gasteiger partial charge >= 0.3 is 0 Å². The quantitative estimate of drug-likeness (QED) is 0.759. The van der Waals surface area contributed by atoms with E-state index in [9.17, 15) is 9.59 Å². The van der Waals surface area contributed by atoms with Gasteiger partial charge in [0.2, 0.25) is 11.8 Å². The Morgan fingerprint density at radius 3 is 2.82 bits per heavy atom. The van der Waals surface area contributed by atoms with Gasteiger partial charge in [0.05, 0.1) is 12.3 Å². The summed E-state index contributed by atoms with van der Waals surface area (Å²) in [6.07, 6.45) is 4.52. The van der Waals surface area contributed by atoms with Crippen LogP contribution in [0.15, 0.2) is 54.9 Å². The van der Waals surface area contributed by atoms with Crippen LogP contribution in [0.2, 0.25) is 0 Å². The average molecular weight is 376 g/mol. The minimum Gasteiger partial charge on any atom is -0.361 e. The van der Waals surface area contributed by atoms with Gasteiger partial charge in [0.15, 0.2) is 0 Å². The molecule has 1 atom stereocenters. The van der Waals surface area contributed by atoms with E-state index in [4.69, 9.17) is 0 Å². The Hall–Kier alpha value is -3.15. The van der Waals surface area contributed by atoms with Crippen LogP contribution in [0.1, 0.15) is 11.3 Å². The lowest BCUT2D eigenvalue weighted by Gasteiger charge is -2.23. The lowest BCUT2D eigenvalue weighted by atomic mass is 10.0. The zero-order valence-corrected chi connectivity index (χ0v) is 16.0. The van der Waals surface area contributed by atoms with Crippen molar-refractivity contribution in [1.82, 2.24) is 19.8 Å². The fourth-order valence-electron chi connectivity index (χ4n) is 3.83. The second-order valence-electron chi connectivity index (χ2n) is 7.36. The summed E-state index contributed by atoms with van der Waals surface area (Å²) in [6.45, 7) is 1.54. The zero-order chi connectivity index (χ0) is 19.5. The first-order chi connectivity index (χ1) is 13.6. The van der Waals surface area contributed by atoms with E-state index in [0.29, 0.717) is 32.5 Å². The fourth-order valence-corrected chi connectivity index (χ4v) is 3.83. The van der Waals surface area contributed by atoms with E-state index >= 15 is 0 Å². The number of carbonyl (C=O) groups is 2. The van der Waals surface area contributed by atoms with E-state index in [0.717, 1.165) is 22.2 Å². The number of pyridine rings is 1. The van der Waals surface area contributed by atoms with Crippen molar-refractivity contribution in [3.8, 4) is 0 Å². The molecule has 1 saturated heterocycles. The van der Waals surface area contributed by atoms with E-state index in [1.54, 1.807) is 18.1 Å². The van der Waals surface area contributed by atoms with Gasteiger partial charge in [0.25, 0.3) is 0 Å². The average Bonchev–Trinajstić information content (AvgIpc) is 3.06. The van der Waals surface area contributed by atoms with E-state index in [-0.39, 0.29) is 17.7 Å². The molecule has 1 aliphatic heterocycles. The number of aromatic amines is 1. The van der Waals surface area contributed by atoms with Crippen LogP contribution in [0.5, 0.6) is 0 Å². The zero-order valence-electron chi connectivity index (χ0n) is 16.0. The number of nitrogens with one attached hydrogen (secondary N) is 1. The fraction of sp³-hybridized carbons (Fsp3) is 0.318. The van der Waals surface area contributed by atoms with Gasteiger partial charge in [-0.15, -0.1) is 0 Å². The van der Waals surface area contributed by atoms with Gasteiger partial charge in [-0.25, -0.2) is 0 Å². The molecule has 1 fully saturated rings. The van der Waals surface area contributed by atoms with Gasteiger partial charge in [-0.2, -0.15) is 0 Å². The summed E-state index contributed by atoms with van der Waals surface area (Å²) >= 11 is 0. The molecule has 28 heavy (non-hydrogen) atoms. The molecule has 1 unspecified atom stereocenters. The Morgan fingerprint density at radius 2 is 2.00 bits per heavy atom. The van der Waals surface area contributed by atoms with Crippen LogP contribution < -0.4 is 0 Å². The summed E-state index contributed by atoms with van der Waals surface area (Å²) in [4.78, 5) is 36.9. The highest BCUT2D eigenvalue weighted by Crippen LogP contribution is 2.20. The van der Waals surface area contributed by atoms with Gasteiger partial charge < -0.3 is 14.8 Å². The Labute approximate surface area is 164 Å². The molecule has 1 N–H and O–H groups in total. The molecule has 0 spiro atoms. The van der Waals surface area contributed by atoms with Gasteiger partial charge in [0, 0.05) is 62.1 Å². The van der Waals surface area contributed by atoms with E-state index < -0.39 is 0 Å². The largest absolute Gasteiger partial charge is 0.361 e. The van der Waals surface area contributed by atoms with Crippen molar-refractivity contribution in [2.45, 2.75) is 12.8 Å². The maximum Gasteiger partial charge on any atom is 0.227 e. The van der Waals surface area contributed by atoms with Crippen LogP contribution in [0, 0.1) is 5.92 Å². The van der Waals surface area contributed by atoms with Crippen molar-refractivity contribution in [3.05, 3.63) is 66.1 Å². The third kappa shape index (κ3) is 3.76. The maximum atomic E-state index is 13.0. The van der Waals surface area contributed by atoms with Crippen LogP contribution in [0.25, 0.3) is 10.9 Å². The number of para-hydroxylation sites is 1. The normalized spacial score (nSPS) is 17.8. The molecule has 1 aliphatic rings. The lowest BCUT2D eigenvalue weighted by molar-refractivity contribution is -0.133. The molecule has 0 bridgehead atoms. The van der Waals surface area contributed by atoms with Crippen molar-refractivity contribution in [2.24, 2.45) is 5.92 Å². The second kappa shape index (κ2) is 7.84. The number of fused-ring (bicyclic) bond motifs is 1. The van der Waals surface area contributed by atoms with Crippen LogP contribution >= 0.6 is 0 Å². The summed E-state index contributed by atoms with van der Waals surface area (Å²) in [6, 6.07) is 13.7.